The number of rotatable bonds is 19. The van der Waals surface area contributed by atoms with Gasteiger partial charge in [0.05, 0.1) is 51.5 Å². The number of benzene rings is 2. The molecular weight excluding hydrogens is 632 g/mol. The third-order valence-electron chi connectivity index (χ3n) is 8.42. The topological polar surface area (TPSA) is 205 Å². The highest BCUT2D eigenvalue weighted by atomic mass is 16.6. The van der Waals surface area contributed by atoms with Gasteiger partial charge in [-0.05, 0) is 81.1 Å². The van der Waals surface area contributed by atoms with Crippen LogP contribution in [-0.4, -0.2) is 103 Å². The van der Waals surface area contributed by atoms with E-state index < -0.39 is 55.1 Å². The second-order valence-electron chi connectivity index (χ2n) is 11.5. The van der Waals surface area contributed by atoms with Crippen molar-refractivity contribution in [3.05, 3.63) is 48.5 Å². The van der Waals surface area contributed by atoms with Crippen LogP contribution in [0.25, 0.3) is 0 Å². The van der Waals surface area contributed by atoms with Gasteiger partial charge < -0.3 is 48.8 Å². The second-order valence-corrected chi connectivity index (χ2v) is 11.5. The summed E-state index contributed by atoms with van der Waals surface area (Å²) in [5.41, 5.74) is -4.00. The van der Waals surface area contributed by atoms with Crippen molar-refractivity contribution in [2.45, 2.75) is 45.1 Å². The van der Waals surface area contributed by atoms with Crippen LogP contribution in [0.15, 0.2) is 48.5 Å². The highest BCUT2D eigenvalue weighted by Gasteiger charge is 2.56. The minimum absolute atomic E-state index is 0.0887. The molecule has 0 aromatic heterocycles. The van der Waals surface area contributed by atoms with Gasteiger partial charge in [-0.3, -0.25) is 19.2 Å². The van der Waals surface area contributed by atoms with Crippen molar-refractivity contribution in [1.29, 1.82) is 0 Å². The Morgan fingerprint density at radius 1 is 0.625 bits per heavy atom. The fourth-order valence-corrected chi connectivity index (χ4v) is 5.33. The number of esters is 3. The Labute approximate surface area is 278 Å². The standard InChI is InChI=1S/C34H44O14/c1-23(39)33(19-35,20-36)34(21-37,22-38)48-30-13-11-29(12-14-30)47-32(42)26-5-3-25(4-6-26)31(41)46-28-9-7-27(8-10-28)45-18-16-43-15-17-44-24(2)40/h7-14,25-26,35-38H,3-6,15-22H2,1-2H3/t25-,26-. The molecule has 14 nitrogen and oxygen atoms in total. The molecule has 0 bridgehead atoms. The van der Waals surface area contributed by atoms with Gasteiger partial charge in [0.1, 0.15) is 47.4 Å². The predicted octanol–water partition coefficient (Wildman–Crippen LogP) is 1.62. The molecule has 0 atom stereocenters. The molecule has 2 aromatic rings. The molecule has 0 saturated heterocycles. The van der Waals surface area contributed by atoms with Crippen LogP contribution >= 0.6 is 0 Å². The lowest BCUT2D eigenvalue weighted by Gasteiger charge is -2.44. The average Bonchev–Trinajstić information content (AvgIpc) is 3.09. The summed E-state index contributed by atoms with van der Waals surface area (Å²) >= 11 is 0. The first kappa shape index (κ1) is 38.4. The number of carbonyl (C=O) groups excluding carboxylic acids is 4. The molecule has 1 saturated carbocycles. The molecule has 264 valence electrons. The molecule has 0 amide bonds. The van der Waals surface area contributed by atoms with Crippen molar-refractivity contribution >= 4 is 23.7 Å². The Hall–Kier alpha value is -4.08. The number of hydrogen-bond donors (Lipinski definition) is 4. The van der Waals surface area contributed by atoms with Crippen LogP contribution in [0.5, 0.6) is 23.0 Å². The number of carbonyl (C=O) groups is 4. The minimum Gasteiger partial charge on any atom is -0.491 e. The molecular formula is C34H44O14. The smallest absolute Gasteiger partial charge is 0.314 e. The number of ketones is 1. The summed E-state index contributed by atoms with van der Waals surface area (Å²) in [7, 11) is 0. The third kappa shape index (κ3) is 9.97. The third-order valence-corrected chi connectivity index (χ3v) is 8.42. The van der Waals surface area contributed by atoms with E-state index in [1.165, 1.54) is 31.2 Å². The van der Waals surface area contributed by atoms with Crippen molar-refractivity contribution in [3.8, 4) is 23.0 Å². The molecule has 1 fully saturated rings. The molecule has 14 heteroatoms. The Bertz CT molecular complexity index is 1320. The van der Waals surface area contributed by atoms with Crippen LogP contribution in [0.4, 0.5) is 0 Å². The Balaban J connectivity index is 1.44. The summed E-state index contributed by atoms with van der Waals surface area (Å²) in [6.07, 6.45) is 1.76. The lowest BCUT2D eigenvalue weighted by Crippen LogP contribution is -2.64. The maximum Gasteiger partial charge on any atom is 0.314 e. The van der Waals surface area contributed by atoms with Crippen LogP contribution in [-0.2, 0) is 28.7 Å². The zero-order chi connectivity index (χ0) is 35.2. The number of ether oxygens (including phenoxy) is 6. The molecule has 3 rings (SSSR count). The van der Waals surface area contributed by atoms with Gasteiger partial charge in [-0.1, -0.05) is 0 Å². The van der Waals surface area contributed by atoms with Gasteiger partial charge in [0.15, 0.2) is 5.60 Å². The number of Topliss-reactive ketones (excluding diaryl/α,β-unsaturated/α-hetero) is 1. The van der Waals surface area contributed by atoms with Crippen molar-refractivity contribution in [2.24, 2.45) is 17.3 Å². The molecule has 0 spiro atoms. The zero-order valence-electron chi connectivity index (χ0n) is 27.1. The fraction of sp³-hybridized carbons (Fsp3) is 0.529. The van der Waals surface area contributed by atoms with E-state index in [2.05, 4.69) is 0 Å². The van der Waals surface area contributed by atoms with Gasteiger partial charge in [0, 0.05) is 6.92 Å². The molecule has 4 N–H and O–H groups in total. The van der Waals surface area contributed by atoms with Gasteiger partial charge in [0.25, 0.3) is 0 Å². The van der Waals surface area contributed by atoms with E-state index in [-0.39, 0.29) is 42.6 Å². The van der Waals surface area contributed by atoms with E-state index in [0.717, 1.165) is 6.92 Å². The number of aliphatic hydroxyl groups excluding tert-OH is 4. The van der Waals surface area contributed by atoms with Crippen molar-refractivity contribution in [3.63, 3.8) is 0 Å². The SMILES string of the molecule is CC(=O)OCCOCCOc1ccc(OC(=O)[C@H]2CC[C@H](C(=O)Oc3ccc(OC(CO)(CO)C(CO)(CO)C(C)=O)cc3)CC2)cc1. The summed E-state index contributed by atoms with van der Waals surface area (Å²) in [5, 5.41) is 39.8. The monoisotopic (exact) mass is 676 g/mol. The molecule has 0 heterocycles. The van der Waals surface area contributed by atoms with E-state index in [4.69, 9.17) is 28.4 Å². The van der Waals surface area contributed by atoms with Gasteiger partial charge in [0.2, 0.25) is 0 Å². The maximum atomic E-state index is 12.9. The van der Waals surface area contributed by atoms with E-state index >= 15 is 0 Å². The lowest BCUT2D eigenvalue weighted by atomic mass is 9.70. The zero-order valence-corrected chi connectivity index (χ0v) is 27.1. The van der Waals surface area contributed by atoms with E-state index in [1.54, 1.807) is 24.3 Å². The van der Waals surface area contributed by atoms with E-state index in [9.17, 15) is 39.6 Å². The Kier molecular flexibility index (Phi) is 14.8. The molecule has 0 radical (unpaired) electrons. The highest BCUT2D eigenvalue weighted by Crippen LogP contribution is 2.37. The number of hydrogen-bond acceptors (Lipinski definition) is 14. The lowest BCUT2D eigenvalue weighted by molar-refractivity contribution is -0.174. The molecule has 1 aliphatic rings. The van der Waals surface area contributed by atoms with Gasteiger partial charge in [-0.25, -0.2) is 0 Å². The average molecular weight is 677 g/mol. The Morgan fingerprint density at radius 3 is 1.48 bits per heavy atom. The maximum absolute atomic E-state index is 12.9. The van der Waals surface area contributed by atoms with Gasteiger partial charge in [-0.15, -0.1) is 0 Å². The molecule has 1 aliphatic carbocycles. The first-order chi connectivity index (χ1) is 23.0. The van der Waals surface area contributed by atoms with Crippen LogP contribution in [0.1, 0.15) is 39.5 Å². The number of aliphatic hydroxyl groups is 4. The minimum atomic E-state index is -2.02. The first-order valence-electron chi connectivity index (χ1n) is 15.6. The summed E-state index contributed by atoms with van der Waals surface area (Å²) in [5.74, 6) is -1.45. The predicted molar refractivity (Wildman–Crippen MR) is 167 cm³/mol. The second kappa shape index (κ2) is 18.5. The van der Waals surface area contributed by atoms with E-state index in [0.29, 0.717) is 50.4 Å². The first-order valence-corrected chi connectivity index (χ1v) is 15.6. The molecule has 0 unspecified atom stereocenters. The Morgan fingerprint density at radius 2 is 1.06 bits per heavy atom. The quantitative estimate of drug-likeness (QED) is 0.0949. The van der Waals surface area contributed by atoms with Crippen LogP contribution in [0.2, 0.25) is 0 Å². The van der Waals surface area contributed by atoms with Crippen LogP contribution < -0.4 is 18.9 Å². The molecule has 48 heavy (non-hydrogen) atoms. The van der Waals surface area contributed by atoms with Crippen LogP contribution in [0.3, 0.4) is 0 Å². The summed E-state index contributed by atoms with van der Waals surface area (Å²) < 4.78 is 32.5. The summed E-state index contributed by atoms with van der Waals surface area (Å²) in [6, 6.07) is 12.3. The largest absolute Gasteiger partial charge is 0.491 e. The van der Waals surface area contributed by atoms with Crippen LogP contribution in [0, 0.1) is 17.3 Å². The summed E-state index contributed by atoms with van der Waals surface area (Å²) in [4.78, 5) is 48.6. The molecule has 2 aromatic carbocycles. The van der Waals surface area contributed by atoms with E-state index in [1.807, 2.05) is 0 Å². The van der Waals surface area contributed by atoms with Crippen molar-refractivity contribution < 1.29 is 68.0 Å². The molecule has 0 aliphatic heterocycles. The van der Waals surface area contributed by atoms with Crippen molar-refractivity contribution in [1.82, 2.24) is 0 Å². The fourth-order valence-electron chi connectivity index (χ4n) is 5.33. The normalized spacial score (nSPS) is 16.5. The summed E-state index contributed by atoms with van der Waals surface area (Å²) in [6.45, 7) is -0.00543. The van der Waals surface area contributed by atoms with Crippen molar-refractivity contribution in [2.75, 3.05) is 52.9 Å². The van der Waals surface area contributed by atoms with Gasteiger partial charge in [-0.2, -0.15) is 0 Å². The van der Waals surface area contributed by atoms with Gasteiger partial charge >= 0.3 is 17.9 Å². The highest BCUT2D eigenvalue weighted by molar-refractivity contribution is 5.84.